The molecule has 7 heteroatoms. The van der Waals surface area contributed by atoms with Crippen molar-refractivity contribution in [3.05, 3.63) is 57.5 Å². The van der Waals surface area contributed by atoms with Crippen molar-refractivity contribution >= 4 is 10.0 Å². The van der Waals surface area contributed by atoms with Crippen LogP contribution in [0.1, 0.15) is 36.6 Å². The summed E-state index contributed by atoms with van der Waals surface area (Å²) in [6, 6.07) is 8.56. The van der Waals surface area contributed by atoms with Crippen LogP contribution in [0.5, 0.6) is 0 Å². The van der Waals surface area contributed by atoms with Crippen LogP contribution in [-0.4, -0.2) is 36.0 Å². The highest BCUT2D eigenvalue weighted by Gasteiger charge is 2.28. The van der Waals surface area contributed by atoms with Crippen molar-refractivity contribution in [1.82, 2.24) is 14.5 Å². The molecule has 3 rings (SSSR count). The summed E-state index contributed by atoms with van der Waals surface area (Å²) >= 11 is 0. The smallest absolute Gasteiger partial charge is 0.267 e. The van der Waals surface area contributed by atoms with E-state index in [9.17, 15) is 13.2 Å². The molecule has 6 nitrogen and oxygen atoms in total. The van der Waals surface area contributed by atoms with Gasteiger partial charge in [0.05, 0.1) is 10.6 Å². The van der Waals surface area contributed by atoms with E-state index in [4.69, 9.17) is 0 Å². The molecule has 1 N–H and O–H groups in total. The van der Waals surface area contributed by atoms with Crippen LogP contribution in [0.2, 0.25) is 0 Å². The van der Waals surface area contributed by atoms with Gasteiger partial charge < -0.3 is 0 Å². The second-order valence-corrected chi connectivity index (χ2v) is 8.73. The van der Waals surface area contributed by atoms with Crippen molar-refractivity contribution in [3.8, 4) is 0 Å². The van der Waals surface area contributed by atoms with Crippen LogP contribution in [0.3, 0.4) is 0 Å². The number of aromatic nitrogens is 2. The van der Waals surface area contributed by atoms with Crippen LogP contribution in [0.15, 0.2) is 40.0 Å². The van der Waals surface area contributed by atoms with Gasteiger partial charge in [-0.2, -0.15) is 9.40 Å². The van der Waals surface area contributed by atoms with Gasteiger partial charge in [0.2, 0.25) is 10.0 Å². The molecule has 0 bridgehead atoms. The number of piperidine rings is 1. The van der Waals surface area contributed by atoms with Crippen molar-refractivity contribution in [1.29, 1.82) is 0 Å². The molecule has 25 heavy (non-hydrogen) atoms. The summed E-state index contributed by atoms with van der Waals surface area (Å²) in [6.45, 7) is 5.06. The molecule has 1 aliphatic rings. The van der Waals surface area contributed by atoms with Crippen LogP contribution < -0.4 is 5.56 Å². The first-order valence-electron chi connectivity index (χ1n) is 8.50. The van der Waals surface area contributed by atoms with E-state index < -0.39 is 10.0 Å². The summed E-state index contributed by atoms with van der Waals surface area (Å²) in [5, 5.41) is 6.33. The Labute approximate surface area is 147 Å². The Balaban J connectivity index is 1.80. The topological polar surface area (TPSA) is 83.1 Å². The predicted octanol–water partition coefficient (Wildman–Crippen LogP) is 2.09. The zero-order valence-electron chi connectivity index (χ0n) is 14.5. The molecular weight excluding hydrogens is 338 g/mol. The van der Waals surface area contributed by atoms with Gasteiger partial charge in [0.25, 0.3) is 5.56 Å². The fourth-order valence-corrected chi connectivity index (χ4v) is 4.80. The molecule has 1 atom stereocenters. The van der Waals surface area contributed by atoms with E-state index in [0.29, 0.717) is 35.9 Å². The molecule has 0 saturated carbocycles. The summed E-state index contributed by atoms with van der Waals surface area (Å²) in [5.74, 6) is 0.393. The molecule has 1 aromatic carbocycles. The zero-order valence-corrected chi connectivity index (χ0v) is 15.3. The molecule has 0 spiro atoms. The number of rotatable bonds is 4. The molecule has 1 saturated heterocycles. The van der Waals surface area contributed by atoms with Gasteiger partial charge >= 0.3 is 0 Å². The van der Waals surface area contributed by atoms with E-state index in [2.05, 4.69) is 17.1 Å². The molecule has 1 aliphatic heterocycles. The second kappa shape index (κ2) is 7.09. The number of benzene rings is 1. The Kier molecular flexibility index (Phi) is 5.06. The fraction of sp³-hybridized carbons (Fsp3) is 0.444. The maximum absolute atomic E-state index is 12.8. The molecule has 0 unspecified atom stereocenters. The average Bonchev–Trinajstić information content (AvgIpc) is 2.59. The minimum absolute atomic E-state index is 0.218. The number of nitrogens with one attached hydrogen (secondary N) is 1. The Bertz CT molecular complexity index is 904. The lowest BCUT2D eigenvalue weighted by molar-refractivity contribution is 0.281. The first kappa shape index (κ1) is 17.8. The second-order valence-electron chi connectivity index (χ2n) is 6.79. The van der Waals surface area contributed by atoms with E-state index in [1.54, 1.807) is 34.6 Å². The number of aromatic amines is 1. The highest BCUT2D eigenvalue weighted by atomic mass is 32.2. The molecule has 1 aromatic heterocycles. The Morgan fingerprint density at radius 1 is 1.28 bits per heavy atom. The summed E-state index contributed by atoms with van der Waals surface area (Å²) in [7, 11) is -3.44. The normalized spacial score (nSPS) is 19.0. The van der Waals surface area contributed by atoms with Crippen molar-refractivity contribution < 1.29 is 8.42 Å². The lowest BCUT2D eigenvalue weighted by atomic mass is 10.0. The van der Waals surface area contributed by atoms with Gasteiger partial charge in [0.15, 0.2) is 0 Å². The van der Waals surface area contributed by atoms with Gasteiger partial charge in [-0.15, -0.1) is 0 Å². The van der Waals surface area contributed by atoms with Crippen molar-refractivity contribution in [2.45, 2.75) is 38.0 Å². The number of H-pyrrole nitrogens is 1. The number of sulfonamides is 1. The van der Waals surface area contributed by atoms with Gasteiger partial charge in [0, 0.05) is 25.1 Å². The van der Waals surface area contributed by atoms with Crippen LogP contribution in [0, 0.1) is 12.8 Å². The third kappa shape index (κ3) is 3.99. The monoisotopic (exact) mass is 361 g/mol. The van der Waals surface area contributed by atoms with Crippen molar-refractivity contribution in [2.24, 2.45) is 5.92 Å². The number of nitrogens with zero attached hydrogens (tertiary/aromatic N) is 2. The molecule has 1 fully saturated rings. The van der Waals surface area contributed by atoms with Gasteiger partial charge in [-0.1, -0.05) is 19.1 Å². The lowest BCUT2D eigenvalue weighted by Crippen LogP contribution is -2.39. The summed E-state index contributed by atoms with van der Waals surface area (Å²) < 4.78 is 27.1. The lowest BCUT2D eigenvalue weighted by Gasteiger charge is -2.30. The molecule has 134 valence electrons. The standard InChI is InChI=1S/C18H23N3O3S/c1-13-4-3-9-21(12-13)25(23,24)17-7-5-15(6-8-17)11-16-10-14(2)19-20-18(16)22/h5-8,10,13H,3-4,9,11-12H2,1-2H3,(H,20,22)/t13-/m1/s1. The summed E-state index contributed by atoms with van der Waals surface area (Å²) in [6.07, 6.45) is 2.42. The van der Waals surface area contributed by atoms with Crippen LogP contribution in [-0.2, 0) is 16.4 Å². The fourth-order valence-electron chi connectivity index (χ4n) is 3.20. The Morgan fingerprint density at radius 3 is 2.68 bits per heavy atom. The van der Waals surface area contributed by atoms with E-state index >= 15 is 0 Å². The van der Waals surface area contributed by atoms with Crippen molar-refractivity contribution in [3.63, 3.8) is 0 Å². The quantitative estimate of drug-likeness (QED) is 0.904. The van der Waals surface area contributed by atoms with Gasteiger partial charge in [-0.25, -0.2) is 13.5 Å². The third-order valence-corrected chi connectivity index (χ3v) is 6.46. The number of aryl methyl sites for hydroxylation is 1. The largest absolute Gasteiger partial charge is 0.268 e. The van der Waals surface area contributed by atoms with E-state index in [1.165, 1.54) is 0 Å². The zero-order chi connectivity index (χ0) is 18.0. The average molecular weight is 361 g/mol. The van der Waals surface area contributed by atoms with E-state index in [0.717, 1.165) is 24.1 Å². The van der Waals surface area contributed by atoms with Crippen LogP contribution in [0.25, 0.3) is 0 Å². The number of hydrogen-bond donors (Lipinski definition) is 1. The highest BCUT2D eigenvalue weighted by molar-refractivity contribution is 7.89. The van der Waals surface area contributed by atoms with Gasteiger partial charge in [-0.3, -0.25) is 4.79 Å². The highest BCUT2D eigenvalue weighted by Crippen LogP contribution is 2.23. The van der Waals surface area contributed by atoms with Crippen LogP contribution in [0.4, 0.5) is 0 Å². The maximum Gasteiger partial charge on any atom is 0.267 e. The maximum atomic E-state index is 12.8. The van der Waals surface area contributed by atoms with E-state index in [1.807, 2.05) is 6.92 Å². The summed E-state index contributed by atoms with van der Waals surface area (Å²) in [4.78, 5) is 12.1. The first-order chi connectivity index (χ1) is 11.9. The minimum atomic E-state index is -3.44. The molecular formula is C18H23N3O3S. The molecule has 0 amide bonds. The first-order valence-corrected chi connectivity index (χ1v) is 9.94. The minimum Gasteiger partial charge on any atom is -0.268 e. The molecule has 2 aromatic rings. The molecule has 0 radical (unpaired) electrons. The van der Waals surface area contributed by atoms with Gasteiger partial charge in [-0.05, 0) is 49.4 Å². The summed E-state index contributed by atoms with van der Waals surface area (Å²) in [5.41, 5.74) is 2.03. The Morgan fingerprint density at radius 2 is 2.00 bits per heavy atom. The Hall–Kier alpha value is -1.99. The number of hydrogen-bond acceptors (Lipinski definition) is 4. The van der Waals surface area contributed by atoms with Crippen LogP contribution >= 0.6 is 0 Å². The van der Waals surface area contributed by atoms with Gasteiger partial charge in [0.1, 0.15) is 0 Å². The third-order valence-electron chi connectivity index (χ3n) is 4.58. The SMILES string of the molecule is Cc1cc(Cc2ccc(S(=O)(=O)N3CCC[C@@H](C)C3)cc2)c(=O)[nH]n1. The van der Waals surface area contributed by atoms with Crippen molar-refractivity contribution in [2.75, 3.05) is 13.1 Å². The molecule has 2 heterocycles. The molecule has 0 aliphatic carbocycles. The predicted molar refractivity (Wildman–Crippen MR) is 96.0 cm³/mol. The van der Waals surface area contributed by atoms with E-state index in [-0.39, 0.29) is 5.56 Å².